The minimum atomic E-state index is -4.47. The molecule has 0 radical (unpaired) electrons. The van der Waals surface area contributed by atoms with E-state index < -0.39 is 279 Å². The number of phenolic OH excluding ortho intramolecular Hbond substituents is 16. The maximum absolute atomic E-state index is 15.4. The number of hydrogen-bond donors (Lipinski definition) is 20. The Morgan fingerprint density at radius 2 is 0.989 bits per heavy atom. The molecule has 0 saturated carbocycles. The molecule has 6 aliphatic rings. The SMILES string of the molecule is O=C1O[C@@H]2[C@H]([C@@H]3OC(=O)c4cc(O)c(O)c(O)c4-c4c(cc(O)c(O)c4O)C(=O)OC[C@H]3OC(=O)c3cc(O)c(O)c(O)c3)OC(=O)c3cc(O)c(O)c4c3C3C1=C(C(=O)C(O)(O)C3(O)O4)[C@H]2c1c(O)cc(O)c2c1OC(c1cc(O)c(O)c(O)c1)C(O)C2. The second-order valence-corrected chi connectivity index (χ2v) is 21.0. The first-order chi connectivity index (χ1) is 41.8. The molecule has 33 nitrogen and oxygen atoms in total. The van der Waals surface area contributed by atoms with E-state index in [0.717, 1.165) is 12.1 Å². The van der Waals surface area contributed by atoms with Crippen molar-refractivity contribution in [3.05, 3.63) is 104 Å². The standard InChI is InChI=1S/C56H40O33/c57-17-9-18(58)31(44-13(17)5-26(66)43(85-44)11-1-19(59)36(67)20(60)2-11)32-33-34-35-30-16(8-25(65)40(71)46(30)89-56(35,82)55(80,81)49(33)74)53(78)88-48(47(32)87-54(34)79)45-27(84-50(75)12-3-21(61)37(68)22(62)4-12)10-83-51(76)14-6-23(63)38(69)41(72)28(14)29-15(52(77)86-45)7-24(64)39(70)42(29)73/h1-4,6-9,26-27,32,35,43,45,47-48,57-73,80-82H,5,10H2/t26?,27-,32-,35?,43?,45-,47+,48+,56?/m1/s1. The molecule has 0 spiro atoms. The summed E-state index contributed by atoms with van der Waals surface area (Å²) in [5.41, 5.74) is -12.8. The molecule has 33 heteroatoms. The number of aliphatic hydroxyl groups is 4. The van der Waals surface area contributed by atoms with Crippen molar-refractivity contribution in [3.63, 3.8) is 0 Å². The van der Waals surface area contributed by atoms with Crippen LogP contribution in [-0.2, 0) is 39.7 Å². The van der Waals surface area contributed by atoms with Gasteiger partial charge in [0.25, 0.3) is 11.6 Å². The van der Waals surface area contributed by atoms with Crippen LogP contribution in [0.2, 0.25) is 0 Å². The zero-order valence-corrected chi connectivity index (χ0v) is 43.9. The summed E-state index contributed by atoms with van der Waals surface area (Å²) in [6.45, 7) is -1.67. The smallest absolute Gasteiger partial charge is 0.339 e. The van der Waals surface area contributed by atoms with E-state index in [2.05, 4.69) is 0 Å². The van der Waals surface area contributed by atoms with Crippen LogP contribution in [0.15, 0.2) is 59.7 Å². The number of Topliss-reactive ketones (excluding diaryl/α,β-unsaturated/α-hetero) is 1. The van der Waals surface area contributed by atoms with Gasteiger partial charge in [0.15, 0.2) is 99.5 Å². The van der Waals surface area contributed by atoms with E-state index in [0.29, 0.717) is 30.3 Å². The molecule has 89 heavy (non-hydrogen) atoms. The molecule has 0 saturated heterocycles. The highest BCUT2D eigenvalue weighted by Crippen LogP contribution is 2.65. The summed E-state index contributed by atoms with van der Waals surface area (Å²) in [4.78, 5) is 90.5. The second kappa shape index (κ2) is 19.4. The average Bonchev–Trinajstić information content (AvgIpc) is 1.64. The van der Waals surface area contributed by atoms with Gasteiger partial charge in [-0.3, -0.25) is 4.79 Å². The van der Waals surface area contributed by atoms with Gasteiger partial charge in [-0.2, -0.15) is 0 Å². The third kappa shape index (κ3) is 8.16. The maximum Gasteiger partial charge on any atom is 0.339 e. The molecule has 2 bridgehead atoms. The van der Waals surface area contributed by atoms with Gasteiger partial charge < -0.3 is 135 Å². The predicted molar refractivity (Wildman–Crippen MR) is 275 cm³/mol. The van der Waals surface area contributed by atoms with Gasteiger partial charge in [-0.1, -0.05) is 0 Å². The zero-order valence-electron chi connectivity index (χ0n) is 43.9. The molecule has 462 valence electrons. The van der Waals surface area contributed by atoms with Crippen molar-refractivity contribution in [2.75, 3.05) is 6.61 Å². The number of phenols is 16. The number of cyclic esters (lactones) is 3. The van der Waals surface area contributed by atoms with E-state index in [1.807, 2.05) is 0 Å². The molecule has 0 amide bonds. The van der Waals surface area contributed by atoms with Gasteiger partial charge in [-0.15, -0.1) is 0 Å². The molecular formula is C56H40O33. The first kappa shape index (κ1) is 57.7. The van der Waals surface area contributed by atoms with Crippen LogP contribution in [0.4, 0.5) is 0 Å². The van der Waals surface area contributed by atoms with Crippen LogP contribution in [0.5, 0.6) is 103 Å². The fourth-order valence-corrected chi connectivity index (χ4v) is 11.8. The summed E-state index contributed by atoms with van der Waals surface area (Å²) in [5.74, 6) is -48.7. The van der Waals surface area contributed by atoms with Crippen molar-refractivity contribution in [1.29, 1.82) is 0 Å². The van der Waals surface area contributed by atoms with Crippen molar-refractivity contribution in [2.45, 2.75) is 66.5 Å². The number of aliphatic hydroxyl groups excluding tert-OH is 1. The molecule has 1 aliphatic carbocycles. The Kier molecular flexibility index (Phi) is 12.6. The molecule has 0 fully saturated rings. The Bertz CT molecular complexity index is 4250. The molecule has 5 heterocycles. The molecule has 5 aliphatic heterocycles. The van der Waals surface area contributed by atoms with Crippen molar-refractivity contribution in [3.8, 4) is 115 Å². The summed E-state index contributed by atoms with van der Waals surface area (Å²) in [6, 6.07) is 3.96. The first-order valence-electron chi connectivity index (χ1n) is 25.5. The number of ether oxygens (including phenoxy) is 7. The molecule has 6 aromatic rings. The number of carbonyl (C=O) groups excluding carboxylic acids is 6. The van der Waals surface area contributed by atoms with Crippen LogP contribution in [0.3, 0.4) is 0 Å². The van der Waals surface area contributed by atoms with Gasteiger partial charge in [-0.25, -0.2) is 24.0 Å². The molecule has 12 rings (SSSR count). The lowest BCUT2D eigenvalue weighted by atomic mass is 9.64. The van der Waals surface area contributed by atoms with Crippen LogP contribution in [0.25, 0.3) is 11.1 Å². The summed E-state index contributed by atoms with van der Waals surface area (Å²) in [5, 5.41) is 223. The van der Waals surface area contributed by atoms with Gasteiger partial charge in [0.2, 0.25) is 23.0 Å². The van der Waals surface area contributed by atoms with E-state index in [-0.39, 0.29) is 6.07 Å². The number of rotatable bonds is 5. The number of fused-ring (bicyclic) bond motifs is 6. The summed E-state index contributed by atoms with van der Waals surface area (Å²) in [7, 11) is 0. The van der Waals surface area contributed by atoms with Gasteiger partial charge >= 0.3 is 29.8 Å². The minimum absolute atomic E-state index is 0.270. The highest BCUT2D eigenvalue weighted by atomic mass is 16.7. The van der Waals surface area contributed by atoms with Crippen molar-refractivity contribution in [1.82, 2.24) is 0 Å². The second-order valence-electron chi connectivity index (χ2n) is 21.0. The van der Waals surface area contributed by atoms with Crippen molar-refractivity contribution in [2.24, 2.45) is 0 Å². The summed E-state index contributed by atoms with van der Waals surface area (Å²) in [6.07, 6.45) is -16.5. The van der Waals surface area contributed by atoms with Crippen LogP contribution >= 0.6 is 0 Å². The number of aromatic hydroxyl groups is 16. The van der Waals surface area contributed by atoms with E-state index in [9.17, 15) is 112 Å². The Hall–Kier alpha value is -11.7. The number of ketones is 1. The van der Waals surface area contributed by atoms with Gasteiger partial charge in [0.1, 0.15) is 23.9 Å². The fraction of sp³-hybridized carbons (Fsp3) is 0.214. The topological polar surface area (TPSA) is 572 Å². The third-order valence-electron chi connectivity index (χ3n) is 15.9. The normalized spacial score (nSPS) is 24.7. The predicted octanol–water partition coefficient (Wildman–Crippen LogP) is 0.275. The van der Waals surface area contributed by atoms with E-state index in [4.69, 9.17) is 33.2 Å². The Morgan fingerprint density at radius 1 is 0.483 bits per heavy atom. The Morgan fingerprint density at radius 3 is 1.58 bits per heavy atom. The van der Waals surface area contributed by atoms with Gasteiger partial charge in [-0.05, 0) is 42.5 Å². The number of hydrogen-bond acceptors (Lipinski definition) is 33. The average molecular weight is 1240 g/mol. The number of benzene rings is 6. The summed E-state index contributed by atoms with van der Waals surface area (Å²) >= 11 is 0. The van der Waals surface area contributed by atoms with Crippen molar-refractivity contribution >= 4 is 35.6 Å². The van der Waals surface area contributed by atoms with Crippen LogP contribution < -0.4 is 9.47 Å². The molecule has 6 aromatic carbocycles. The molecule has 4 unspecified atom stereocenters. The molecular weight excluding hydrogens is 1200 g/mol. The van der Waals surface area contributed by atoms with E-state index in [1.165, 1.54) is 0 Å². The Balaban J connectivity index is 1.17. The highest BCUT2D eigenvalue weighted by Gasteiger charge is 2.75. The van der Waals surface area contributed by atoms with Gasteiger partial charge in [0, 0.05) is 51.4 Å². The largest absolute Gasteiger partial charge is 0.507 e. The highest BCUT2D eigenvalue weighted by molar-refractivity contribution is 6.14. The van der Waals surface area contributed by atoms with Crippen LogP contribution in [-0.4, -0.2) is 186 Å². The molecule has 20 N–H and O–H groups in total. The van der Waals surface area contributed by atoms with Crippen LogP contribution in [0, 0.1) is 0 Å². The quantitative estimate of drug-likeness (QED) is 0.0477. The van der Waals surface area contributed by atoms with E-state index in [1.54, 1.807) is 0 Å². The molecule has 0 aromatic heterocycles. The fourth-order valence-electron chi connectivity index (χ4n) is 11.8. The van der Waals surface area contributed by atoms with Crippen LogP contribution in [0.1, 0.15) is 81.6 Å². The zero-order chi connectivity index (χ0) is 64.4. The summed E-state index contributed by atoms with van der Waals surface area (Å²) < 4.78 is 41.0. The number of esters is 5. The lowest BCUT2D eigenvalue weighted by molar-refractivity contribution is -0.324. The Labute approximate surface area is 490 Å². The molecule has 9 atom stereocenters. The third-order valence-corrected chi connectivity index (χ3v) is 15.9. The van der Waals surface area contributed by atoms with Gasteiger partial charge in [0.05, 0.1) is 45.8 Å². The first-order valence-corrected chi connectivity index (χ1v) is 25.5. The lowest BCUT2D eigenvalue weighted by Crippen LogP contribution is -2.69. The monoisotopic (exact) mass is 1240 g/mol. The number of carbonyl (C=O) groups is 6. The van der Waals surface area contributed by atoms with E-state index >= 15 is 19.2 Å². The maximum atomic E-state index is 15.4. The van der Waals surface area contributed by atoms with Crippen molar-refractivity contribution < 1.29 is 164 Å². The minimum Gasteiger partial charge on any atom is -0.507 e. The lowest BCUT2D eigenvalue weighted by Gasteiger charge is -2.49.